The highest BCUT2D eigenvalue weighted by molar-refractivity contribution is 6.30. The highest BCUT2D eigenvalue weighted by atomic mass is 35.5. The molecule has 5 nitrogen and oxygen atoms in total. The first-order valence-electron chi connectivity index (χ1n) is 6.34. The number of rotatable bonds is 4. The van der Waals surface area contributed by atoms with Gasteiger partial charge >= 0.3 is 5.69 Å². The van der Waals surface area contributed by atoms with Crippen molar-refractivity contribution in [1.82, 2.24) is 0 Å². The van der Waals surface area contributed by atoms with Crippen LogP contribution in [0.1, 0.15) is 16.7 Å². The Balaban J connectivity index is 2.51. The van der Waals surface area contributed by atoms with Gasteiger partial charge in [-0.15, -0.1) is 0 Å². The summed E-state index contributed by atoms with van der Waals surface area (Å²) in [6.45, 7) is 3.80. The van der Waals surface area contributed by atoms with E-state index in [2.05, 4.69) is 0 Å². The molecule has 0 aromatic heterocycles. The van der Waals surface area contributed by atoms with Gasteiger partial charge in [0.2, 0.25) is 5.75 Å². The molecule has 2 N–H and O–H groups in total. The van der Waals surface area contributed by atoms with Gasteiger partial charge in [0.05, 0.1) is 4.92 Å². The van der Waals surface area contributed by atoms with Gasteiger partial charge in [-0.1, -0.05) is 17.7 Å². The van der Waals surface area contributed by atoms with Crippen LogP contribution in [-0.4, -0.2) is 4.92 Å². The van der Waals surface area contributed by atoms with E-state index in [-0.39, 0.29) is 18.0 Å². The maximum Gasteiger partial charge on any atom is 0.312 e. The Kier molecular flexibility index (Phi) is 4.45. The van der Waals surface area contributed by atoms with Crippen molar-refractivity contribution in [2.24, 2.45) is 5.73 Å². The van der Waals surface area contributed by atoms with Crippen LogP contribution < -0.4 is 10.5 Å². The van der Waals surface area contributed by atoms with Crippen molar-refractivity contribution in [3.8, 4) is 11.5 Å². The van der Waals surface area contributed by atoms with Gasteiger partial charge in [0, 0.05) is 23.2 Å². The third-order valence-corrected chi connectivity index (χ3v) is 3.29. The van der Waals surface area contributed by atoms with E-state index < -0.39 is 4.92 Å². The van der Waals surface area contributed by atoms with Crippen LogP contribution in [-0.2, 0) is 6.54 Å². The molecule has 0 radical (unpaired) electrons. The van der Waals surface area contributed by atoms with Crippen molar-refractivity contribution in [1.29, 1.82) is 0 Å². The molecule has 0 saturated carbocycles. The van der Waals surface area contributed by atoms with Gasteiger partial charge < -0.3 is 10.5 Å². The molecule has 2 aromatic carbocycles. The van der Waals surface area contributed by atoms with Gasteiger partial charge in [-0.25, -0.2) is 0 Å². The van der Waals surface area contributed by atoms with Gasteiger partial charge in [-0.05, 0) is 43.2 Å². The van der Waals surface area contributed by atoms with Gasteiger partial charge in [0.1, 0.15) is 5.75 Å². The Morgan fingerprint density at radius 3 is 2.62 bits per heavy atom. The second kappa shape index (κ2) is 6.11. The van der Waals surface area contributed by atoms with Crippen molar-refractivity contribution < 1.29 is 9.66 Å². The van der Waals surface area contributed by atoms with Crippen LogP contribution in [0.2, 0.25) is 5.02 Å². The minimum absolute atomic E-state index is 0.0644. The predicted octanol–water partition coefficient (Wildman–Crippen LogP) is 4.12. The quantitative estimate of drug-likeness (QED) is 0.681. The Morgan fingerprint density at radius 1 is 1.29 bits per heavy atom. The number of nitro groups is 1. The Bertz CT molecular complexity index is 702. The normalized spacial score (nSPS) is 10.5. The summed E-state index contributed by atoms with van der Waals surface area (Å²) in [5, 5.41) is 11.7. The van der Waals surface area contributed by atoms with Crippen LogP contribution in [0, 0.1) is 24.0 Å². The van der Waals surface area contributed by atoms with E-state index in [9.17, 15) is 10.1 Å². The molecule has 0 atom stereocenters. The fraction of sp³-hybridized carbons (Fsp3) is 0.200. The Labute approximate surface area is 127 Å². The maximum atomic E-state index is 11.2. The molecule has 2 aromatic rings. The number of nitrogens with two attached hydrogens (primary N) is 1. The van der Waals surface area contributed by atoms with Crippen molar-refractivity contribution in [3.05, 3.63) is 62.2 Å². The number of nitro benzene ring substituents is 1. The number of aryl methyl sites for hydroxylation is 2. The Hall–Kier alpha value is -2.11. The minimum Gasteiger partial charge on any atom is -0.450 e. The molecule has 0 saturated heterocycles. The van der Waals surface area contributed by atoms with Gasteiger partial charge in [-0.3, -0.25) is 10.1 Å². The standard InChI is InChI=1S/C15H15ClN2O3/c1-9-5-10(2)15(13(6-9)18(19)20)21-14-4-3-12(16)7-11(14)8-17/h3-7H,8,17H2,1-2H3. The van der Waals surface area contributed by atoms with E-state index in [0.29, 0.717) is 21.9 Å². The molecule has 0 spiro atoms. The zero-order valence-corrected chi connectivity index (χ0v) is 12.5. The molecule has 21 heavy (non-hydrogen) atoms. The Morgan fingerprint density at radius 2 is 2.00 bits per heavy atom. The molecule has 0 aliphatic rings. The molecule has 0 aliphatic carbocycles. The summed E-state index contributed by atoms with van der Waals surface area (Å²) in [4.78, 5) is 10.8. The van der Waals surface area contributed by atoms with E-state index in [0.717, 1.165) is 5.56 Å². The molecular weight excluding hydrogens is 292 g/mol. The minimum atomic E-state index is -0.451. The van der Waals surface area contributed by atoms with Crippen molar-refractivity contribution in [2.45, 2.75) is 20.4 Å². The third-order valence-electron chi connectivity index (χ3n) is 3.05. The van der Waals surface area contributed by atoms with Crippen LogP contribution in [0.25, 0.3) is 0 Å². The van der Waals surface area contributed by atoms with Gasteiger partial charge in [-0.2, -0.15) is 0 Å². The van der Waals surface area contributed by atoms with Gasteiger partial charge in [0.25, 0.3) is 0 Å². The average Bonchev–Trinajstić information content (AvgIpc) is 2.42. The van der Waals surface area contributed by atoms with Crippen LogP contribution in [0.4, 0.5) is 5.69 Å². The van der Waals surface area contributed by atoms with E-state index in [1.807, 2.05) is 6.07 Å². The zero-order valence-electron chi connectivity index (χ0n) is 11.7. The summed E-state index contributed by atoms with van der Waals surface area (Å²) in [5.74, 6) is 0.694. The summed E-state index contributed by atoms with van der Waals surface area (Å²) < 4.78 is 5.75. The molecule has 2 rings (SSSR count). The third kappa shape index (κ3) is 3.32. The summed E-state index contributed by atoms with van der Waals surface area (Å²) in [6, 6.07) is 8.33. The first-order valence-corrected chi connectivity index (χ1v) is 6.72. The largest absolute Gasteiger partial charge is 0.450 e. The first kappa shape index (κ1) is 15.3. The van der Waals surface area contributed by atoms with Crippen LogP contribution >= 0.6 is 11.6 Å². The zero-order chi connectivity index (χ0) is 15.6. The first-order chi connectivity index (χ1) is 9.92. The lowest BCUT2D eigenvalue weighted by molar-refractivity contribution is -0.385. The highest BCUT2D eigenvalue weighted by Gasteiger charge is 2.20. The molecule has 0 fully saturated rings. The topological polar surface area (TPSA) is 78.4 Å². The number of ether oxygens (including phenoxy) is 1. The lowest BCUT2D eigenvalue weighted by atomic mass is 10.1. The molecule has 6 heteroatoms. The molecule has 0 bridgehead atoms. The molecule has 0 unspecified atom stereocenters. The highest BCUT2D eigenvalue weighted by Crippen LogP contribution is 2.37. The summed E-state index contributed by atoms with van der Waals surface area (Å²) in [5.41, 5.74) is 7.79. The number of nitrogens with zero attached hydrogens (tertiary/aromatic N) is 1. The summed E-state index contributed by atoms with van der Waals surface area (Å²) in [7, 11) is 0. The number of hydrogen-bond acceptors (Lipinski definition) is 4. The average molecular weight is 307 g/mol. The number of hydrogen-bond donors (Lipinski definition) is 1. The summed E-state index contributed by atoms with van der Waals surface area (Å²) >= 11 is 5.91. The predicted molar refractivity (Wildman–Crippen MR) is 82.0 cm³/mol. The lowest BCUT2D eigenvalue weighted by Crippen LogP contribution is -2.02. The fourth-order valence-electron chi connectivity index (χ4n) is 2.12. The number of benzene rings is 2. The molecule has 0 heterocycles. The molecule has 0 amide bonds. The van der Waals surface area contributed by atoms with Crippen molar-refractivity contribution in [3.63, 3.8) is 0 Å². The smallest absolute Gasteiger partial charge is 0.312 e. The van der Waals surface area contributed by atoms with E-state index in [1.54, 1.807) is 32.0 Å². The van der Waals surface area contributed by atoms with Gasteiger partial charge in [0.15, 0.2) is 0 Å². The second-order valence-electron chi connectivity index (χ2n) is 4.75. The maximum absolute atomic E-state index is 11.2. The lowest BCUT2D eigenvalue weighted by Gasteiger charge is -2.13. The second-order valence-corrected chi connectivity index (χ2v) is 5.18. The van der Waals surface area contributed by atoms with Crippen molar-refractivity contribution in [2.75, 3.05) is 0 Å². The molecule has 0 aliphatic heterocycles. The molecule has 110 valence electrons. The fourth-order valence-corrected chi connectivity index (χ4v) is 2.31. The van der Waals surface area contributed by atoms with E-state index >= 15 is 0 Å². The molecular formula is C15H15ClN2O3. The van der Waals surface area contributed by atoms with Crippen LogP contribution in [0.15, 0.2) is 30.3 Å². The monoisotopic (exact) mass is 306 g/mol. The van der Waals surface area contributed by atoms with Crippen LogP contribution in [0.5, 0.6) is 11.5 Å². The van der Waals surface area contributed by atoms with E-state index in [4.69, 9.17) is 22.1 Å². The van der Waals surface area contributed by atoms with Crippen molar-refractivity contribution >= 4 is 17.3 Å². The number of halogens is 1. The van der Waals surface area contributed by atoms with E-state index in [1.165, 1.54) is 6.07 Å². The SMILES string of the molecule is Cc1cc(C)c(Oc2ccc(Cl)cc2CN)c([N+](=O)[O-])c1. The van der Waals surface area contributed by atoms with Crippen LogP contribution in [0.3, 0.4) is 0 Å². The summed E-state index contributed by atoms with van der Waals surface area (Å²) in [6.07, 6.45) is 0.